The average Bonchev–Trinajstić information content (AvgIpc) is 2.55. The molecule has 1 heterocycles. The maximum Gasteiger partial charge on any atom is 0.0976 e. The number of halogens is 2. The van der Waals surface area contributed by atoms with Gasteiger partial charge in [-0.15, -0.1) is 11.3 Å². The predicted molar refractivity (Wildman–Crippen MR) is 79.6 cm³/mol. The molecule has 0 bridgehead atoms. The predicted octanol–water partition coefficient (Wildman–Crippen LogP) is 5.01. The van der Waals surface area contributed by atoms with Gasteiger partial charge in [0.25, 0.3) is 0 Å². The van der Waals surface area contributed by atoms with Gasteiger partial charge in [-0.05, 0) is 49.4 Å². The lowest BCUT2D eigenvalue weighted by molar-refractivity contribution is 0.303. The van der Waals surface area contributed by atoms with E-state index >= 15 is 0 Å². The minimum atomic E-state index is 0.347. The maximum atomic E-state index is 6.12. The number of hydrogen-bond acceptors (Lipinski definition) is 2. The molecule has 0 saturated carbocycles. The molecular weight excluding hydrogens is 273 g/mol. The highest BCUT2D eigenvalue weighted by atomic mass is 35.5. The summed E-state index contributed by atoms with van der Waals surface area (Å²) < 4.78 is 1.63. The molecule has 1 aromatic heterocycles. The lowest BCUT2D eigenvalue weighted by atomic mass is 9.83. The van der Waals surface area contributed by atoms with Crippen LogP contribution in [0.5, 0.6) is 0 Å². The first kappa shape index (κ1) is 15.3. The molecular formula is C13H21Cl2NS. The van der Waals surface area contributed by atoms with Crippen LogP contribution in [0.15, 0.2) is 6.07 Å². The first-order chi connectivity index (χ1) is 7.94. The average molecular weight is 294 g/mol. The monoisotopic (exact) mass is 293 g/mol. The number of rotatable bonds is 7. The third-order valence-electron chi connectivity index (χ3n) is 3.03. The molecule has 0 atom stereocenters. The normalized spacial score (nSPS) is 12.1. The molecule has 0 spiro atoms. The van der Waals surface area contributed by atoms with E-state index in [0.717, 1.165) is 34.6 Å². The van der Waals surface area contributed by atoms with Gasteiger partial charge in [-0.2, -0.15) is 0 Å². The molecule has 98 valence electrons. The molecule has 0 aliphatic carbocycles. The van der Waals surface area contributed by atoms with Crippen molar-refractivity contribution in [2.24, 2.45) is 5.41 Å². The van der Waals surface area contributed by atoms with Crippen molar-refractivity contribution < 1.29 is 0 Å². The quantitative estimate of drug-likeness (QED) is 0.697. The highest BCUT2D eigenvalue weighted by molar-refractivity contribution is 7.20. The van der Waals surface area contributed by atoms with Gasteiger partial charge in [-0.1, -0.05) is 44.0 Å². The van der Waals surface area contributed by atoms with Crippen molar-refractivity contribution in [1.82, 2.24) is 5.32 Å². The third kappa shape index (κ3) is 5.60. The standard InChI is InChI=1S/C13H21Cl2NS/c1-4-16-8-7-13(2,3)6-5-10-9-11(14)17-12(10)15/h9,16H,4-8H2,1-3H3. The highest BCUT2D eigenvalue weighted by Gasteiger charge is 2.18. The van der Waals surface area contributed by atoms with Gasteiger partial charge < -0.3 is 5.32 Å². The molecule has 1 N–H and O–H groups in total. The fourth-order valence-corrected chi connectivity index (χ4v) is 3.29. The molecule has 0 saturated heterocycles. The second kappa shape index (κ2) is 6.98. The molecule has 0 aromatic carbocycles. The molecule has 17 heavy (non-hydrogen) atoms. The van der Waals surface area contributed by atoms with Crippen molar-refractivity contribution in [3.63, 3.8) is 0 Å². The van der Waals surface area contributed by atoms with Gasteiger partial charge in [0.05, 0.1) is 8.67 Å². The molecule has 0 aliphatic rings. The number of thiophene rings is 1. The number of hydrogen-bond donors (Lipinski definition) is 1. The van der Waals surface area contributed by atoms with Crippen LogP contribution in [0.2, 0.25) is 8.67 Å². The summed E-state index contributed by atoms with van der Waals surface area (Å²) >= 11 is 13.5. The molecule has 0 fully saturated rings. The van der Waals surface area contributed by atoms with E-state index in [1.54, 1.807) is 0 Å². The van der Waals surface area contributed by atoms with Crippen LogP contribution in [0.25, 0.3) is 0 Å². The Morgan fingerprint density at radius 3 is 2.53 bits per heavy atom. The minimum absolute atomic E-state index is 0.347. The molecule has 0 aliphatic heterocycles. The van der Waals surface area contributed by atoms with E-state index in [9.17, 15) is 0 Å². The topological polar surface area (TPSA) is 12.0 Å². The Labute approximate surface area is 119 Å². The number of aryl methyl sites for hydroxylation is 1. The molecule has 1 nitrogen and oxygen atoms in total. The Morgan fingerprint density at radius 2 is 2.00 bits per heavy atom. The smallest absolute Gasteiger partial charge is 0.0976 e. The third-order valence-corrected chi connectivity index (χ3v) is 4.60. The minimum Gasteiger partial charge on any atom is -0.317 e. The van der Waals surface area contributed by atoms with E-state index in [1.807, 2.05) is 6.07 Å². The van der Waals surface area contributed by atoms with Gasteiger partial charge in [-0.25, -0.2) is 0 Å². The van der Waals surface area contributed by atoms with E-state index in [2.05, 4.69) is 26.1 Å². The molecule has 0 amide bonds. The fraction of sp³-hybridized carbons (Fsp3) is 0.692. The van der Waals surface area contributed by atoms with Gasteiger partial charge >= 0.3 is 0 Å². The van der Waals surface area contributed by atoms with Crippen LogP contribution < -0.4 is 5.32 Å². The first-order valence-corrected chi connectivity index (χ1v) is 7.66. The van der Waals surface area contributed by atoms with Crippen molar-refractivity contribution in [1.29, 1.82) is 0 Å². The van der Waals surface area contributed by atoms with E-state index in [0.29, 0.717) is 5.41 Å². The summed E-state index contributed by atoms with van der Waals surface area (Å²) in [5.74, 6) is 0. The van der Waals surface area contributed by atoms with Crippen molar-refractivity contribution in [3.05, 3.63) is 20.3 Å². The summed E-state index contributed by atoms with van der Waals surface area (Å²) in [6, 6.07) is 1.99. The Morgan fingerprint density at radius 1 is 1.29 bits per heavy atom. The Kier molecular flexibility index (Phi) is 6.28. The van der Waals surface area contributed by atoms with Gasteiger partial charge in [0.2, 0.25) is 0 Å². The van der Waals surface area contributed by atoms with Gasteiger partial charge in [0.15, 0.2) is 0 Å². The molecule has 0 unspecified atom stereocenters. The van der Waals surface area contributed by atoms with Crippen LogP contribution in [0.3, 0.4) is 0 Å². The van der Waals surface area contributed by atoms with Gasteiger partial charge in [0, 0.05) is 0 Å². The largest absolute Gasteiger partial charge is 0.317 e. The lowest BCUT2D eigenvalue weighted by Gasteiger charge is -2.24. The number of nitrogens with one attached hydrogen (secondary N) is 1. The van der Waals surface area contributed by atoms with E-state index in [1.165, 1.54) is 23.3 Å². The summed E-state index contributed by atoms with van der Waals surface area (Å²) in [4.78, 5) is 0. The van der Waals surface area contributed by atoms with Gasteiger partial charge in [0.1, 0.15) is 0 Å². The lowest BCUT2D eigenvalue weighted by Crippen LogP contribution is -2.22. The zero-order valence-corrected chi connectivity index (χ0v) is 13.1. The SMILES string of the molecule is CCNCCC(C)(C)CCc1cc(Cl)sc1Cl. The zero-order chi connectivity index (χ0) is 12.9. The highest BCUT2D eigenvalue weighted by Crippen LogP contribution is 2.34. The summed E-state index contributed by atoms with van der Waals surface area (Å²) in [5, 5.41) is 3.37. The fourth-order valence-electron chi connectivity index (χ4n) is 1.75. The first-order valence-electron chi connectivity index (χ1n) is 6.09. The second-order valence-electron chi connectivity index (χ2n) is 5.12. The van der Waals surface area contributed by atoms with Crippen LogP contribution >= 0.6 is 34.5 Å². The van der Waals surface area contributed by atoms with E-state index < -0.39 is 0 Å². The van der Waals surface area contributed by atoms with Crippen LogP contribution in [0, 0.1) is 5.41 Å². The molecule has 0 radical (unpaired) electrons. The van der Waals surface area contributed by atoms with Crippen LogP contribution in [-0.4, -0.2) is 13.1 Å². The van der Waals surface area contributed by atoms with Crippen molar-refractivity contribution in [3.8, 4) is 0 Å². The maximum absolute atomic E-state index is 6.12. The Balaban J connectivity index is 2.40. The summed E-state index contributed by atoms with van der Waals surface area (Å²) in [7, 11) is 0. The van der Waals surface area contributed by atoms with Gasteiger partial charge in [-0.3, -0.25) is 0 Å². The molecule has 4 heteroatoms. The summed E-state index contributed by atoms with van der Waals surface area (Å²) in [6.45, 7) is 8.89. The van der Waals surface area contributed by atoms with Crippen molar-refractivity contribution in [2.75, 3.05) is 13.1 Å². The summed E-state index contributed by atoms with van der Waals surface area (Å²) in [5.41, 5.74) is 1.54. The van der Waals surface area contributed by atoms with Crippen LogP contribution in [-0.2, 0) is 6.42 Å². The second-order valence-corrected chi connectivity index (χ2v) is 7.40. The molecule has 1 aromatic rings. The zero-order valence-electron chi connectivity index (χ0n) is 10.8. The van der Waals surface area contributed by atoms with Crippen molar-refractivity contribution >= 4 is 34.5 Å². The Bertz CT molecular complexity index is 347. The van der Waals surface area contributed by atoms with E-state index in [-0.39, 0.29) is 0 Å². The molecule has 1 rings (SSSR count). The Hall–Kier alpha value is 0.240. The van der Waals surface area contributed by atoms with Crippen LogP contribution in [0.4, 0.5) is 0 Å². The van der Waals surface area contributed by atoms with E-state index in [4.69, 9.17) is 23.2 Å². The van der Waals surface area contributed by atoms with Crippen LogP contribution in [0.1, 0.15) is 39.2 Å². The van der Waals surface area contributed by atoms with Crippen molar-refractivity contribution in [2.45, 2.75) is 40.0 Å². The summed E-state index contributed by atoms with van der Waals surface area (Å²) in [6.07, 6.45) is 3.35.